The van der Waals surface area contributed by atoms with Crippen molar-refractivity contribution in [2.24, 2.45) is 0 Å². The van der Waals surface area contributed by atoms with Gasteiger partial charge in [0.05, 0.1) is 0 Å². The Kier molecular flexibility index (Phi) is 6.61. The number of benzene rings is 4. The molecular weight excluding hydrogens is 472 g/mol. The monoisotopic (exact) mass is 504 g/mol. The third-order valence-corrected chi connectivity index (χ3v) is 7.51. The van der Waals surface area contributed by atoms with Gasteiger partial charge < -0.3 is 0 Å². The zero-order chi connectivity index (χ0) is 26.8. The summed E-state index contributed by atoms with van der Waals surface area (Å²) in [6.07, 6.45) is 8.69. The molecule has 0 bridgehead atoms. The summed E-state index contributed by atoms with van der Waals surface area (Å²) in [5.41, 5.74) is 13.6. The second-order valence-corrected chi connectivity index (χ2v) is 10.2. The van der Waals surface area contributed by atoms with Gasteiger partial charge in [0.1, 0.15) is 0 Å². The fraction of sp³-hybridized carbons (Fsp3) is 0.0811. The molecule has 4 aromatic carbocycles. The molecule has 188 valence electrons. The number of rotatable bonds is 5. The minimum Gasteiger partial charge on any atom is -0.167 e. The SMILES string of the molecule is Cc1c[n+](-c2ccc(C)c(-c3ccccc3)c2)ccc1-c1cc[n+](-c2ccc(C)c(-c3ccccc3)c2)cc1. The Balaban J connectivity index is 1.28. The Bertz CT molecular complexity index is 1750. The summed E-state index contributed by atoms with van der Waals surface area (Å²) >= 11 is 0. The normalized spacial score (nSPS) is 10.9. The Labute approximate surface area is 231 Å². The van der Waals surface area contributed by atoms with Crippen molar-refractivity contribution < 1.29 is 9.13 Å². The molecule has 2 heterocycles. The highest BCUT2D eigenvalue weighted by molar-refractivity contribution is 5.70. The Morgan fingerprint density at radius 3 is 1.36 bits per heavy atom. The summed E-state index contributed by atoms with van der Waals surface area (Å²) in [4.78, 5) is 0. The molecular formula is C37H32N2+2. The highest BCUT2D eigenvalue weighted by Gasteiger charge is 2.15. The molecule has 6 aromatic rings. The average molecular weight is 505 g/mol. The minimum atomic E-state index is 1.15. The molecule has 0 aliphatic heterocycles. The van der Waals surface area contributed by atoms with Crippen molar-refractivity contribution in [1.29, 1.82) is 0 Å². The molecule has 39 heavy (non-hydrogen) atoms. The summed E-state index contributed by atoms with van der Waals surface area (Å²) < 4.78 is 4.40. The van der Waals surface area contributed by atoms with Gasteiger partial charge in [-0.05, 0) is 65.3 Å². The van der Waals surface area contributed by atoms with Gasteiger partial charge in [-0.25, -0.2) is 0 Å². The molecule has 6 rings (SSSR count). The first-order chi connectivity index (χ1) is 19.1. The third kappa shape index (κ3) is 5.02. The average Bonchev–Trinajstić information content (AvgIpc) is 2.99. The molecule has 0 spiro atoms. The molecule has 0 radical (unpaired) electrons. The van der Waals surface area contributed by atoms with Crippen LogP contribution < -0.4 is 9.13 Å². The number of aromatic nitrogens is 2. The second-order valence-electron chi connectivity index (χ2n) is 10.2. The summed E-state index contributed by atoms with van der Waals surface area (Å²) in [5, 5.41) is 0. The van der Waals surface area contributed by atoms with Crippen molar-refractivity contribution in [1.82, 2.24) is 0 Å². The van der Waals surface area contributed by atoms with E-state index in [9.17, 15) is 0 Å². The maximum absolute atomic E-state index is 2.28. The van der Waals surface area contributed by atoms with Gasteiger partial charge in [-0.15, -0.1) is 0 Å². The molecule has 0 aliphatic rings. The van der Waals surface area contributed by atoms with Crippen LogP contribution in [0.25, 0.3) is 44.8 Å². The van der Waals surface area contributed by atoms with Gasteiger partial charge in [0, 0.05) is 48.0 Å². The number of hydrogen-bond donors (Lipinski definition) is 0. The highest BCUT2D eigenvalue weighted by atomic mass is 14.9. The van der Waals surface area contributed by atoms with Crippen molar-refractivity contribution in [2.45, 2.75) is 20.8 Å². The first-order valence-electron chi connectivity index (χ1n) is 13.4. The van der Waals surface area contributed by atoms with Crippen LogP contribution in [0.3, 0.4) is 0 Å². The molecule has 0 atom stereocenters. The van der Waals surface area contributed by atoms with E-state index in [1.807, 2.05) is 0 Å². The van der Waals surface area contributed by atoms with E-state index in [2.05, 4.69) is 170 Å². The molecule has 2 heteroatoms. The van der Waals surface area contributed by atoms with Gasteiger partial charge in [0.2, 0.25) is 11.4 Å². The standard InChI is InChI=1S/C37H32N2/c1-27-14-16-33(24-36(27)30-10-6-4-7-11-30)38-21-18-32(19-22-38)35-20-23-39(26-29(35)3)34-17-15-28(2)37(25-34)31-12-8-5-9-13-31/h4-26H,1-3H3/q+2. The van der Waals surface area contributed by atoms with Crippen LogP contribution in [0.4, 0.5) is 0 Å². The van der Waals surface area contributed by atoms with Gasteiger partial charge in [0.15, 0.2) is 24.8 Å². The Morgan fingerprint density at radius 1 is 0.385 bits per heavy atom. The van der Waals surface area contributed by atoms with Crippen LogP contribution in [0.2, 0.25) is 0 Å². The van der Waals surface area contributed by atoms with Gasteiger partial charge in [-0.1, -0.05) is 72.8 Å². The maximum atomic E-state index is 2.28. The first-order valence-corrected chi connectivity index (χ1v) is 13.4. The summed E-state index contributed by atoms with van der Waals surface area (Å²) in [7, 11) is 0. The van der Waals surface area contributed by atoms with E-state index in [4.69, 9.17) is 0 Å². The lowest BCUT2D eigenvalue weighted by Crippen LogP contribution is -2.30. The number of hydrogen-bond acceptors (Lipinski definition) is 0. The molecule has 0 saturated heterocycles. The lowest BCUT2D eigenvalue weighted by molar-refractivity contribution is -0.596. The zero-order valence-corrected chi connectivity index (χ0v) is 22.7. The van der Waals surface area contributed by atoms with Gasteiger partial charge in [-0.2, -0.15) is 9.13 Å². The van der Waals surface area contributed by atoms with Crippen LogP contribution in [0.1, 0.15) is 16.7 Å². The van der Waals surface area contributed by atoms with Crippen molar-refractivity contribution in [3.63, 3.8) is 0 Å². The molecule has 0 fully saturated rings. The predicted molar refractivity (Wildman–Crippen MR) is 160 cm³/mol. The number of nitrogens with zero attached hydrogens (tertiary/aromatic N) is 2. The van der Waals surface area contributed by atoms with E-state index in [1.54, 1.807) is 0 Å². The van der Waals surface area contributed by atoms with E-state index >= 15 is 0 Å². The van der Waals surface area contributed by atoms with Crippen LogP contribution in [-0.4, -0.2) is 0 Å². The topological polar surface area (TPSA) is 7.76 Å². The number of aryl methyl sites for hydroxylation is 3. The van der Waals surface area contributed by atoms with Crippen molar-refractivity contribution >= 4 is 0 Å². The summed E-state index contributed by atoms with van der Waals surface area (Å²) in [6, 6.07) is 41.1. The largest absolute Gasteiger partial charge is 0.211 e. The molecule has 0 saturated carbocycles. The van der Waals surface area contributed by atoms with E-state index in [1.165, 1.54) is 50.1 Å². The molecule has 0 amide bonds. The zero-order valence-electron chi connectivity index (χ0n) is 22.7. The minimum absolute atomic E-state index is 1.15. The first kappa shape index (κ1) is 24.5. The van der Waals surface area contributed by atoms with Crippen LogP contribution in [-0.2, 0) is 0 Å². The van der Waals surface area contributed by atoms with E-state index < -0.39 is 0 Å². The molecule has 0 N–H and O–H groups in total. The van der Waals surface area contributed by atoms with Gasteiger partial charge >= 0.3 is 0 Å². The van der Waals surface area contributed by atoms with E-state index in [0.717, 1.165) is 11.4 Å². The Hall–Kier alpha value is -4.82. The van der Waals surface area contributed by atoms with Crippen molar-refractivity contribution in [3.05, 3.63) is 157 Å². The van der Waals surface area contributed by atoms with E-state index in [-0.39, 0.29) is 0 Å². The van der Waals surface area contributed by atoms with Crippen LogP contribution in [0.5, 0.6) is 0 Å². The lowest BCUT2D eigenvalue weighted by atomic mass is 9.99. The van der Waals surface area contributed by atoms with Crippen LogP contribution >= 0.6 is 0 Å². The van der Waals surface area contributed by atoms with Gasteiger partial charge in [-0.3, -0.25) is 0 Å². The molecule has 2 nitrogen and oxygen atoms in total. The second kappa shape index (κ2) is 10.5. The van der Waals surface area contributed by atoms with Gasteiger partial charge in [0.25, 0.3) is 0 Å². The van der Waals surface area contributed by atoms with Crippen molar-refractivity contribution in [2.75, 3.05) is 0 Å². The lowest BCUT2D eigenvalue weighted by Gasteiger charge is -2.09. The van der Waals surface area contributed by atoms with Crippen molar-refractivity contribution in [3.8, 4) is 44.8 Å². The predicted octanol–water partition coefficient (Wildman–Crippen LogP) is 8.17. The smallest absolute Gasteiger partial charge is 0.167 e. The maximum Gasteiger partial charge on any atom is 0.211 e. The fourth-order valence-electron chi connectivity index (χ4n) is 5.27. The molecule has 0 aliphatic carbocycles. The summed E-state index contributed by atoms with van der Waals surface area (Å²) in [5.74, 6) is 0. The molecule has 2 aromatic heterocycles. The molecule has 0 unspecified atom stereocenters. The quantitative estimate of drug-likeness (QED) is 0.209. The van der Waals surface area contributed by atoms with Crippen LogP contribution in [0, 0.1) is 20.8 Å². The number of pyridine rings is 2. The van der Waals surface area contributed by atoms with Crippen LogP contribution in [0.15, 0.2) is 140 Å². The summed E-state index contributed by atoms with van der Waals surface area (Å²) in [6.45, 7) is 6.53. The Morgan fingerprint density at radius 2 is 0.846 bits per heavy atom. The highest BCUT2D eigenvalue weighted by Crippen LogP contribution is 2.27. The fourth-order valence-corrected chi connectivity index (χ4v) is 5.27. The third-order valence-electron chi connectivity index (χ3n) is 7.51. The van der Waals surface area contributed by atoms with E-state index in [0.29, 0.717) is 0 Å².